The Morgan fingerprint density at radius 3 is 2.19 bits per heavy atom. The molecule has 0 fully saturated rings. The first-order valence-electron chi connectivity index (χ1n) is 8.34. The molecule has 0 saturated heterocycles. The van der Waals surface area contributed by atoms with E-state index >= 15 is 0 Å². The second-order valence-electron chi connectivity index (χ2n) is 6.25. The van der Waals surface area contributed by atoms with Crippen LogP contribution in [-0.2, 0) is 19.2 Å². The minimum absolute atomic E-state index is 0.0346. The number of ether oxygens (including phenoxy) is 2. The number of hydrogen-bond acceptors (Lipinski definition) is 7. The van der Waals surface area contributed by atoms with Crippen LogP contribution in [0.1, 0.15) is 34.6 Å². The Morgan fingerprint density at radius 2 is 1.62 bits per heavy atom. The Bertz CT molecular complexity index is 670. The normalized spacial score (nSPS) is 28.3. The monoisotopic (exact) mass is 364 g/mol. The van der Waals surface area contributed by atoms with E-state index < -0.39 is 30.3 Å². The van der Waals surface area contributed by atoms with Crippen LogP contribution in [0.15, 0.2) is 36.4 Å². The number of methoxy groups -OCH3 is 1. The Balaban J connectivity index is 2.26. The zero-order valence-electron chi connectivity index (χ0n) is 15.2. The maximum atomic E-state index is 12.7. The molecule has 7 nitrogen and oxygen atoms in total. The average molecular weight is 364 g/mol. The quantitative estimate of drug-likeness (QED) is 0.370. The Morgan fingerprint density at radius 1 is 1.00 bits per heavy atom. The Hall–Kier alpha value is -2.22. The summed E-state index contributed by atoms with van der Waals surface area (Å²) in [4.78, 5) is 33.5. The summed E-state index contributed by atoms with van der Waals surface area (Å²) in [6, 6.07) is 6.14. The van der Waals surface area contributed by atoms with Crippen molar-refractivity contribution in [3.63, 3.8) is 0 Å². The molecule has 1 aliphatic carbocycles. The van der Waals surface area contributed by atoms with E-state index in [4.69, 9.17) is 9.47 Å². The lowest BCUT2D eigenvalue weighted by Crippen LogP contribution is -2.41. The van der Waals surface area contributed by atoms with Crippen molar-refractivity contribution in [2.24, 2.45) is 11.8 Å². The summed E-state index contributed by atoms with van der Waals surface area (Å²) in [6.45, 7) is 3.72. The van der Waals surface area contributed by atoms with Gasteiger partial charge in [-0.15, -0.1) is 0 Å². The lowest BCUT2D eigenvalue weighted by Gasteiger charge is -2.30. The molecule has 1 N–H and O–H groups in total. The predicted octanol–water partition coefficient (Wildman–Crippen LogP) is 2.15. The summed E-state index contributed by atoms with van der Waals surface area (Å²) in [5, 5.41) is 10.3. The first-order chi connectivity index (χ1) is 12.4. The molecule has 0 saturated carbocycles. The van der Waals surface area contributed by atoms with Gasteiger partial charge in [0.1, 0.15) is 12.2 Å². The van der Waals surface area contributed by atoms with Crippen molar-refractivity contribution >= 4 is 11.9 Å². The maximum Gasteiger partial charge on any atom is 0.373 e. The van der Waals surface area contributed by atoms with Gasteiger partial charge in [0.2, 0.25) is 0 Å². The molecule has 26 heavy (non-hydrogen) atoms. The van der Waals surface area contributed by atoms with E-state index in [1.54, 1.807) is 24.3 Å². The first kappa shape index (κ1) is 20.1. The largest absolute Gasteiger partial charge is 0.452 e. The topological polar surface area (TPSA) is 91.3 Å². The van der Waals surface area contributed by atoms with E-state index in [0.717, 1.165) is 0 Å². The molecule has 0 amide bonds. The second-order valence-corrected chi connectivity index (χ2v) is 6.25. The average Bonchev–Trinajstić information content (AvgIpc) is 2.74. The standard InChI is InChI=1S/C19H24O7/c1-11-9-10-15(17(23-3)12(2)16(11)20)25-18(21)13-7-5-6-8-14(13)19(22)26-24-4/h5-12,15-17,20H,1-4H3/t11-,12-,15-,16-,17+/m1/s1. The number of carbonyl (C=O) groups excluding carboxylic acids is 2. The van der Waals surface area contributed by atoms with Gasteiger partial charge < -0.3 is 14.6 Å². The van der Waals surface area contributed by atoms with E-state index in [2.05, 4.69) is 9.78 Å². The summed E-state index contributed by atoms with van der Waals surface area (Å²) < 4.78 is 11.1. The zero-order valence-corrected chi connectivity index (χ0v) is 15.2. The molecule has 0 aliphatic heterocycles. The summed E-state index contributed by atoms with van der Waals surface area (Å²) in [5.74, 6) is -1.84. The van der Waals surface area contributed by atoms with Crippen LogP contribution in [-0.4, -0.2) is 49.6 Å². The number of aliphatic hydroxyl groups excluding tert-OH is 1. The van der Waals surface area contributed by atoms with Crippen LogP contribution in [0.5, 0.6) is 0 Å². The SMILES string of the molecule is COOC(=O)c1ccccc1C(=O)O[C@@H]1C=C[C@@H](C)[C@@H](O)[C@@H](C)[C@@H]1OC. The molecule has 7 heteroatoms. The van der Waals surface area contributed by atoms with Crippen LogP contribution in [0.2, 0.25) is 0 Å². The van der Waals surface area contributed by atoms with Crippen molar-refractivity contribution in [2.45, 2.75) is 32.2 Å². The van der Waals surface area contributed by atoms with E-state index in [1.807, 2.05) is 13.8 Å². The highest BCUT2D eigenvalue weighted by Crippen LogP contribution is 2.28. The summed E-state index contributed by atoms with van der Waals surface area (Å²) >= 11 is 0. The van der Waals surface area contributed by atoms with E-state index in [9.17, 15) is 14.7 Å². The lowest BCUT2D eigenvalue weighted by atomic mass is 9.90. The molecule has 2 rings (SSSR count). The van der Waals surface area contributed by atoms with Gasteiger partial charge in [-0.2, -0.15) is 4.89 Å². The highest BCUT2D eigenvalue weighted by molar-refractivity contribution is 6.03. The molecule has 142 valence electrons. The number of benzene rings is 1. The third-order valence-electron chi connectivity index (χ3n) is 4.56. The van der Waals surface area contributed by atoms with Crippen molar-refractivity contribution in [1.29, 1.82) is 0 Å². The number of esters is 1. The second kappa shape index (κ2) is 8.93. The van der Waals surface area contributed by atoms with Gasteiger partial charge in [-0.3, -0.25) is 4.89 Å². The lowest BCUT2D eigenvalue weighted by molar-refractivity contribution is -0.216. The Kier molecular flexibility index (Phi) is 6.90. The summed E-state index contributed by atoms with van der Waals surface area (Å²) in [6.07, 6.45) is 1.66. The van der Waals surface area contributed by atoms with Gasteiger partial charge in [0.15, 0.2) is 0 Å². The van der Waals surface area contributed by atoms with Crippen LogP contribution in [0.25, 0.3) is 0 Å². The number of hydrogen-bond donors (Lipinski definition) is 1. The molecular weight excluding hydrogens is 340 g/mol. The van der Waals surface area contributed by atoms with E-state index in [1.165, 1.54) is 26.4 Å². The van der Waals surface area contributed by atoms with E-state index in [-0.39, 0.29) is 23.0 Å². The Labute approximate surface area is 152 Å². The van der Waals surface area contributed by atoms with Gasteiger partial charge in [0.05, 0.1) is 24.3 Å². The van der Waals surface area contributed by atoms with E-state index in [0.29, 0.717) is 0 Å². The minimum atomic E-state index is -0.794. The maximum absolute atomic E-state index is 12.7. The van der Waals surface area contributed by atoms with Crippen molar-refractivity contribution in [3.8, 4) is 0 Å². The fraction of sp³-hybridized carbons (Fsp3) is 0.474. The molecule has 0 unspecified atom stereocenters. The van der Waals surface area contributed by atoms with Crippen molar-refractivity contribution in [3.05, 3.63) is 47.5 Å². The molecule has 0 aromatic heterocycles. The number of rotatable bonds is 5. The number of carbonyl (C=O) groups is 2. The van der Waals surface area contributed by atoms with Gasteiger partial charge in [-0.05, 0) is 18.2 Å². The molecule has 1 aromatic rings. The molecule has 0 spiro atoms. The highest BCUT2D eigenvalue weighted by atomic mass is 17.2. The fourth-order valence-electron chi connectivity index (χ4n) is 3.08. The van der Waals surface area contributed by atoms with Gasteiger partial charge in [0.25, 0.3) is 0 Å². The molecular formula is C19H24O7. The third-order valence-corrected chi connectivity index (χ3v) is 4.56. The zero-order chi connectivity index (χ0) is 19.3. The molecule has 1 aromatic carbocycles. The fourth-order valence-corrected chi connectivity index (χ4v) is 3.08. The van der Waals surface area contributed by atoms with Gasteiger partial charge >= 0.3 is 11.9 Å². The van der Waals surface area contributed by atoms with Gasteiger partial charge in [-0.1, -0.05) is 32.1 Å². The van der Waals surface area contributed by atoms with Crippen molar-refractivity contribution in [2.75, 3.05) is 14.2 Å². The molecule has 5 atom stereocenters. The molecule has 1 aliphatic rings. The molecule has 0 heterocycles. The van der Waals surface area contributed by atoms with Crippen LogP contribution in [0.4, 0.5) is 0 Å². The van der Waals surface area contributed by atoms with Gasteiger partial charge in [-0.25, -0.2) is 9.59 Å². The number of aliphatic hydroxyl groups is 1. The van der Waals surface area contributed by atoms with Crippen LogP contribution < -0.4 is 0 Å². The third kappa shape index (κ3) is 4.30. The van der Waals surface area contributed by atoms with Crippen LogP contribution >= 0.6 is 0 Å². The minimum Gasteiger partial charge on any atom is -0.452 e. The van der Waals surface area contributed by atoms with Crippen LogP contribution in [0, 0.1) is 11.8 Å². The highest BCUT2D eigenvalue weighted by Gasteiger charge is 2.37. The van der Waals surface area contributed by atoms with Crippen molar-refractivity contribution in [1.82, 2.24) is 0 Å². The van der Waals surface area contributed by atoms with Crippen molar-refractivity contribution < 1.29 is 33.9 Å². The van der Waals surface area contributed by atoms with Gasteiger partial charge in [0, 0.05) is 18.9 Å². The molecule has 0 bridgehead atoms. The molecule has 0 radical (unpaired) electrons. The first-order valence-corrected chi connectivity index (χ1v) is 8.34. The summed E-state index contributed by atoms with van der Waals surface area (Å²) in [7, 11) is 2.70. The smallest absolute Gasteiger partial charge is 0.373 e. The predicted molar refractivity (Wildman–Crippen MR) is 92.3 cm³/mol. The summed E-state index contributed by atoms with van der Waals surface area (Å²) in [5.41, 5.74) is 0.0932. The van der Waals surface area contributed by atoms with Crippen LogP contribution in [0.3, 0.4) is 0 Å².